The number of carbonyl (C=O) groups excluding carboxylic acids is 1. The topological polar surface area (TPSA) is 109 Å². The number of nitrogens with one attached hydrogen (secondary N) is 2. The second kappa shape index (κ2) is 9.26. The molecule has 2 N–H and O–H groups in total. The zero-order valence-electron chi connectivity index (χ0n) is 14.9. The summed E-state index contributed by atoms with van der Waals surface area (Å²) in [5, 5.41) is 18.5. The van der Waals surface area contributed by atoms with Crippen molar-refractivity contribution in [3.63, 3.8) is 0 Å². The number of rotatable bonds is 8. The van der Waals surface area contributed by atoms with Crippen LogP contribution in [0.1, 0.15) is 16.8 Å². The molecular formula is C19H18FN7O. The van der Waals surface area contributed by atoms with Crippen LogP contribution in [0.3, 0.4) is 0 Å². The van der Waals surface area contributed by atoms with E-state index < -0.39 is 5.82 Å². The van der Waals surface area contributed by atoms with E-state index in [1.807, 2.05) is 0 Å². The van der Waals surface area contributed by atoms with Gasteiger partial charge in [0.15, 0.2) is 5.82 Å². The number of para-hydroxylation sites is 1. The van der Waals surface area contributed by atoms with Gasteiger partial charge < -0.3 is 10.7 Å². The smallest absolute Gasteiger partial charge is 0.253 e. The van der Waals surface area contributed by atoms with E-state index in [9.17, 15) is 9.18 Å². The van der Waals surface area contributed by atoms with E-state index in [0.717, 1.165) is 6.20 Å². The van der Waals surface area contributed by atoms with Crippen molar-refractivity contribution in [2.75, 3.05) is 6.54 Å². The molecule has 3 aromatic rings. The van der Waals surface area contributed by atoms with Crippen LogP contribution in [0.2, 0.25) is 0 Å². The molecule has 0 aliphatic heterocycles. The van der Waals surface area contributed by atoms with E-state index in [-0.39, 0.29) is 11.8 Å². The molecule has 0 aliphatic rings. The molecule has 1 atom stereocenters. The van der Waals surface area contributed by atoms with Crippen LogP contribution >= 0.6 is 0 Å². The average Bonchev–Trinajstić information content (AvgIpc) is 3.26. The molecule has 0 saturated heterocycles. The van der Waals surface area contributed by atoms with Crippen LogP contribution in [0.5, 0.6) is 0 Å². The van der Waals surface area contributed by atoms with Crippen molar-refractivity contribution in [2.24, 2.45) is 10.9 Å². The Labute approximate surface area is 160 Å². The largest absolute Gasteiger partial charge is 0.352 e. The Bertz CT molecular complexity index is 955. The lowest BCUT2D eigenvalue weighted by Gasteiger charge is -2.10. The molecular weight excluding hydrogens is 361 g/mol. The highest BCUT2D eigenvalue weighted by atomic mass is 19.1. The Morgan fingerprint density at radius 1 is 1.25 bits per heavy atom. The van der Waals surface area contributed by atoms with Gasteiger partial charge in [-0.05, 0) is 30.7 Å². The summed E-state index contributed by atoms with van der Waals surface area (Å²) in [4.78, 5) is 21.9. The SMILES string of the molecule is N=CC(C=Nc1ccc(F)cn1)CCNC(=O)c1ccccc1-n1nccn1. The van der Waals surface area contributed by atoms with Gasteiger partial charge in [0.1, 0.15) is 5.82 Å². The monoisotopic (exact) mass is 379 g/mol. The fourth-order valence-corrected chi connectivity index (χ4v) is 2.45. The maximum absolute atomic E-state index is 12.9. The summed E-state index contributed by atoms with van der Waals surface area (Å²) in [6.07, 6.45) is 7.44. The van der Waals surface area contributed by atoms with Gasteiger partial charge in [-0.3, -0.25) is 4.79 Å². The van der Waals surface area contributed by atoms with E-state index in [0.29, 0.717) is 30.0 Å². The molecule has 0 aliphatic carbocycles. The molecule has 2 aromatic heterocycles. The van der Waals surface area contributed by atoms with E-state index >= 15 is 0 Å². The predicted molar refractivity (Wildman–Crippen MR) is 103 cm³/mol. The lowest BCUT2D eigenvalue weighted by atomic mass is 10.1. The van der Waals surface area contributed by atoms with Crippen LogP contribution in [0.15, 0.2) is 60.0 Å². The first-order chi connectivity index (χ1) is 13.7. The Morgan fingerprint density at radius 2 is 2.04 bits per heavy atom. The number of nitrogens with zero attached hydrogens (tertiary/aromatic N) is 5. The highest BCUT2D eigenvalue weighted by molar-refractivity contribution is 5.97. The fraction of sp³-hybridized carbons (Fsp3) is 0.158. The summed E-state index contributed by atoms with van der Waals surface area (Å²) in [6.45, 7) is 0.350. The van der Waals surface area contributed by atoms with Crippen LogP contribution in [0.25, 0.3) is 5.69 Å². The zero-order valence-corrected chi connectivity index (χ0v) is 14.9. The van der Waals surface area contributed by atoms with Crippen LogP contribution in [-0.2, 0) is 0 Å². The van der Waals surface area contributed by atoms with E-state index in [4.69, 9.17) is 5.41 Å². The number of amides is 1. The minimum Gasteiger partial charge on any atom is -0.352 e. The molecule has 3 rings (SSSR count). The molecule has 28 heavy (non-hydrogen) atoms. The molecule has 0 spiro atoms. The molecule has 0 bridgehead atoms. The summed E-state index contributed by atoms with van der Waals surface area (Å²) >= 11 is 0. The van der Waals surface area contributed by atoms with Gasteiger partial charge in [0.25, 0.3) is 5.91 Å². The van der Waals surface area contributed by atoms with Gasteiger partial charge in [0, 0.05) is 24.9 Å². The molecule has 142 valence electrons. The quantitative estimate of drug-likeness (QED) is 0.586. The zero-order chi connectivity index (χ0) is 19.8. The molecule has 8 nitrogen and oxygen atoms in total. The highest BCUT2D eigenvalue weighted by Crippen LogP contribution is 2.12. The van der Waals surface area contributed by atoms with Gasteiger partial charge in [0.2, 0.25) is 0 Å². The Kier molecular flexibility index (Phi) is 6.29. The lowest BCUT2D eigenvalue weighted by Crippen LogP contribution is -2.27. The molecule has 1 aromatic carbocycles. The van der Waals surface area contributed by atoms with Gasteiger partial charge in [-0.2, -0.15) is 15.0 Å². The van der Waals surface area contributed by atoms with Crippen LogP contribution < -0.4 is 5.32 Å². The van der Waals surface area contributed by atoms with Crippen molar-refractivity contribution in [3.8, 4) is 5.69 Å². The first-order valence-electron chi connectivity index (χ1n) is 8.57. The Balaban J connectivity index is 1.57. The second-order valence-electron chi connectivity index (χ2n) is 5.82. The lowest BCUT2D eigenvalue weighted by molar-refractivity contribution is 0.0952. The van der Waals surface area contributed by atoms with Crippen molar-refractivity contribution in [1.29, 1.82) is 5.41 Å². The fourth-order valence-electron chi connectivity index (χ4n) is 2.45. The van der Waals surface area contributed by atoms with Gasteiger partial charge >= 0.3 is 0 Å². The minimum atomic E-state index is -0.434. The predicted octanol–water partition coefficient (Wildman–Crippen LogP) is 2.59. The summed E-state index contributed by atoms with van der Waals surface area (Å²) < 4.78 is 12.9. The van der Waals surface area contributed by atoms with E-state index in [1.165, 1.54) is 23.1 Å². The number of aromatic nitrogens is 4. The van der Waals surface area contributed by atoms with Gasteiger partial charge in [-0.15, -0.1) is 0 Å². The summed E-state index contributed by atoms with van der Waals surface area (Å²) in [7, 11) is 0. The number of halogens is 1. The number of carbonyl (C=O) groups is 1. The highest BCUT2D eigenvalue weighted by Gasteiger charge is 2.13. The molecule has 0 fully saturated rings. The number of benzene rings is 1. The van der Waals surface area contributed by atoms with E-state index in [1.54, 1.807) is 42.9 Å². The molecule has 0 radical (unpaired) electrons. The van der Waals surface area contributed by atoms with E-state index in [2.05, 4.69) is 25.5 Å². The van der Waals surface area contributed by atoms with Crippen LogP contribution in [0, 0.1) is 17.1 Å². The molecule has 1 unspecified atom stereocenters. The maximum atomic E-state index is 12.9. The normalized spacial score (nSPS) is 12.0. The van der Waals surface area contributed by atoms with Gasteiger partial charge in [-0.1, -0.05) is 12.1 Å². The second-order valence-corrected chi connectivity index (χ2v) is 5.82. The first-order valence-corrected chi connectivity index (χ1v) is 8.57. The van der Waals surface area contributed by atoms with Crippen LogP contribution in [-0.4, -0.2) is 44.9 Å². The van der Waals surface area contributed by atoms with Crippen molar-refractivity contribution >= 4 is 24.2 Å². The summed E-state index contributed by atoms with van der Waals surface area (Å²) in [6, 6.07) is 9.76. The number of hydrogen-bond donors (Lipinski definition) is 2. The standard InChI is InChI=1S/C19H18FN7O/c20-15-5-6-18(24-13-15)23-12-14(11-21)7-8-22-19(28)16-3-1-2-4-17(16)27-25-9-10-26-27/h1-6,9-14,21H,7-8H2,(H,22,28). The third-order valence-electron chi connectivity index (χ3n) is 3.87. The third-order valence-corrected chi connectivity index (χ3v) is 3.87. The van der Waals surface area contributed by atoms with Crippen molar-refractivity contribution in [3.05, 3.63) is 66.4 Å². The Morgan fingerprint density at radius 3 is 2.75 bits per heavy atom. The number of hydrogen-bond acceptors (Lipinski definition) is 6. The van der Waals surface area contributed by atoms with Gasteiger partial charge in [0.05, 0.1) is 29.8 Å². The molecule has 1 amide bonds. The first kappa shape index (κ1) is 19.0. The minimum absolute atomic E-state index is 0.256. The van der Waals surface area contributed by atoms with Crippen LogP contribution in [0.4, 0.5) is 10.2 Å². The van der Waals surface area contributed by atoms with Crippen molar-refractivity contribution < 1.29 is 9.18 Å². The Hall–Kier alpha value is -3.75. The maximum Gasteiger partial charge on any atom is 0.253 e. The number of pyridine rings is 1. The number of aliphatic imine (C=N–C) groups is 1. The molecule has 0 saturated carbocycles. The summed E-state index contributed by atoms with van der Waals surface area (Å²) in [5.41, 5.74) is 1.03. The average molecular weight is 379 g/mol. The molecule has 9 heteroatoms. The summed E-state index contributed by atoms with van der Waals surface area (Å²) in [5.74, 6) is -0.613. The van der Waals surface area contributed by atoms with Gasteiger partial charge in [-0.25, -0.2) is 14.4 Å². The third kappa shape index (κ3) is 4.91. The van der Waals surface area contributed by atoms with Crippen molar-refractivity contribution in [1.82, 2.24) is 25.3 Å². The molecule has 2 heterocycles. The van der Waals surface area contributed by atoms with Crippen molar-refractivity contribution in [2.45, 2.75) is 6.42 Å².